The Hall–Kier alpha value is -1.76. The smallest absolute Gasteiger partial charge is 0.317 e. The number of urea groups is 1. The summed E-state index contributed by atoms with van der Waals surface area (Å²) in [4.78, 5) is 13.8. The van der Waals surface area contributed by atoms with Gasteiger partial charge in [0.1, 0.15) is 15.6 Å². The number of likely N-dealkylation sites (tertiary alicyclic amines) is 1. The highest BCUT2D eigenvalue weighted by molar-refractivity contribution is 7.91. The second-order valence-corrected chi connectivity index (χ2v) is 7.85. The van der Waals surface area contributed by atoms with Crippen molar-refractivity contribution in [3.05, 3.63) is 29.8 Å². The summed E-state index contributed by atoms with van der Waals surface area (Å²) < 4.78 is 28.1. The SMILES string of the molecule is COc1ccc(CNC(=O)N2CCC(S(C)(=O)=O)CC2)cc1. The number of piperidine rings is 1. The Kier molecular flexibility index (Phi) is 5.28. The molecule has 1 aromatic rings. The Morgan fingerprint density at radius 1 is 1.27 bits per heavy atom. The third kappa shape index (κ3) is 4.37. The average Bonchev–Trinajstić information content (AvgIpc) is 2.52. The zero-order valence-electron chi connectivity index (χ0n) is 12.9. The van der Waals surface area contributed by atoms with Crippen LogP contribution in [0.1, 0.15) is 18.4 Å². The summed E-state index contributed by atoms with van der Waals surface area (Å²) in [6.07, 6.45) is 2.28. The Morgan fingerprint density at radius 3 is 2.36 bits per heavy atom. The average molecular weight is 326 g/mol. The second kappa shape index (κ2) is 7.00. The monoisotopic (exact) mass is 326 g/mol. The van der Waals surface area contributed by atoms with Crippen LogP contribution in [-0.4, -0.2) is 51.1 Å². The van der Waals surface area contributed by atoms with E-state index in [-0.39, 0.29) is 11.3 Å². The summed E-state index contributed by atoms with van der Waals surface area (Å²) >= 11 is 0. The van der Waals surface area contributed by atoms with Crippen molar-refractivity contribution in [3.8, 4) is 5.75 Å². The lowest BCUT2D eigenvalue weighted by molar-refractivity contribution is 0.186. The van der Waals surface area contributed by atoms with Gasteiger partial charge in [-0.15, -0.1) is 0 Å². The fourth-order valence-electron chi connectivity index (χ4n) is 2.52. The van der Waals surface area contributed by atoms with Crippen LogP contribution in [0.5, 0.6) is 5.75 Å². The largest absolute Gasteiger partial charge is 0.497 e. The lowest BCUT2D eigenvalue weighted by atomic mass is 10.1. The van der Waals surface area contributed by atoms with E-state index in [2.05, 4.69) is 5.32 Å². The van der Waals surface area contributed by atoms with Gasteiger partial charge in [0.15, 0.2) is 0 Å². The zero-order chi connectivity index (χ0) is 16.2. The Bertz CT molecular complexity index is 605. The number of hydrogen-bond donors (Lipinski definition) is 1. The van der Waals surface area contributed by atoms with Gasteiger partial charge in [-0.1, -0.05) is 12.1 Å². The third-order valence-corrected chi connectivity index (χ3v) is 5.62. The predicted molar refractivity (Wildman–Crippen MR) is 84.7 cm³/mol. The number of amides is 2. The molecule has 6 nitrogen and oxygen atoms in total. The van der Waals surface area contributed by atoms with Gasteiger partial charge in [-0.25, -0.2) is 13.2 Å². The molecule has 1 aromatic carbocycles. The number of ether oxygens (including phenoxy) is 1. The molecule has 7 heteroatoms. The lowest BCUT2D eigenvalue weighted by Gasteiger charge is -2.31. The topological polar surface area (TPSA) is 75.7 Å². The van der Waals surface area contributed by atoms with E-state index in [1.54, 1.807) is 12.0 Å². The number of nitrogens with one attached hydrogen (secondary N) is 1. The van der Waals surface area contributed by atoms with Crippen molar-refractivity contribution >= 4 is 15.9 Å². The van der Waals surface area contributed by atoms with Crippen molar-refractivity contribution < 1.29 is 17.9 Å². The molecule has 0 radical (unpaired) electrons. The quantitative estimate of drug-likeness (QED) is 0.908. The lowest BCUT2D eigenvalue weighted by Crippen LogP contribution is -2.46. The molecule has 0 aliphatic carbocycles. The minimum absolute atomic E-state index is 0.150. The predicted octanol–water partition coefficient (Wildman–Crippen LogP) is 1.41. The van der Waals surface area contributed by atoms with Crippen LogP contribution in [0.3, 0.4) is 0 Å². The molecule has 0 aromatic heterocycles. The standard InChI is InChI=1S/C15H22N2O4S/c1-21-13-5-3-12(4-6-13)11-16-15(18)17-9-7-14(8-10-17)22(2,19)20/h3-6,14H,7-11H2,1-2H3,(H,16,18). The van der Waals surface area contributed by atoms with Gasteiger partial charge in [0, 0.05) is 25.9 Å². The van der Waals surface area contributed by atoms with E-state index >= 15 is 0 Å². The second-order valence-electron chi connectivity index (χ2n) is 5.52. The molecular weight excluding hydrogens is 304 g/mol. The van der Waals surface area contributed by atoms with E-state index in [0.29, 0.717) is 32.5 Å². The van der Waals surface area contributed by atoms with Gasteiger partial charge in [0.25, 0.3) is 0 Å². The molecule has 22 heavy (non-hydrogen) atoms. The summed E-state index contributed by atoms with van der Waals surface area (Å²) in [6, 6.07) is 7.34. The highest BCUT2D eigenvalue weighted by Gasteiger charge is 2.28. The number of nitrogens with zero attached hydrogens (tertiary/aromatic N) is 1. The molecule has 1 heterocycles. The first-order valence-corrected chi connectivity index (χ1v) is 9.20. The third-order valence-electron chi connectivity index (χ3n) is 3.94. The van der Waals surface area contributed by atoms with E-state index in [1.807, 2.05) is 24.3 Å². The highest BCUT2D eigenvalue weighted by Crippen LogP contribution is 2.17. The van der Waals surface area contributed by atoms with Crippen molar-refractivity contribution in [3.63, 3.8) is 0 Å². The van der Waals surface area contributed by atoms with E-state index in [4.69, 9.17) is 4.74 Å². The molecule has 2 rings (SSSR count). The summed E-state index contributed by atoms with van der Waals surface area (Å²) in [5.74, 6) is 0.776. The molecule has 1 N–H and O–H groups in total. The van der Waals surface area contributed by atoms with Crippen molar-refractivity contribution in [2.45, 2.75) is 24.6 Å². The first-order chi connectivity index (χ1) is 10.4. The van der Waals surface area contributed by atoms with Crippen molar-refractivity contribution in [1.82, 2.24) is 10.2 Å². The number of carbonyl (C=O) groups excluding carboxylic acids is 1. The van der Waals surface area contributed by atoms with E-state index in [0.717, 1.165) is 11.3 Å². The van der Waals surface area contributed by atoms with Crippen LogP contribution >= 0.6 is 0 Å². The van der Waals surface area contributed by atoms with Crippen molar-refractivity contribution in [1.29, 1.82) is 0 Å². The first-order valence-electron chi connectivity index (χ1n) is 7.24. The Morgan fingerprint density at radius 2 is 1.86 bits per heavy atom. The van der Waals surface area contributed by atoms with E-state index in [1.165, 1.54) is 6.26 Å². The maximum absolute atomic E-state index is 12.1. The molecule has 1 fully saturated rings. The number of rotatable bonds is 4. The van der Waals surface area contributed by atoms with Gasteiger partial charge in [-0.05, 0) is 30.5 Å². The molecule has 2 amide bonds. The fourth-order valence-corrected chi connectivity index (χ4v) is 3.59. The summed E-state index contributed by atoms with van der Waals surface area (Å²) in [7, 11) is -1.40. The number of sulfone groups is 1. The van der Waals surface area contributed by atoms with Gasteiger partial charge in [-0.2, -0.15) is 0 Å². The van der Waals surface area contributed by atoms with E-state index in [9.17, 15) is 13.2 Å². The highest BCUT2D eigenvalue weighted by atomic mass is 32.2. The van der Waals surface area contributed by atoms with Crippen LogP contribution in [0.2, 0.25) is 0 Å². The molecule has 0 atom stereocenters. The summed E-state index contributed by atoms with van der Waals surface area (Å²) in [5, 5.41) is 2.54. The Balaban J connectivity index is 1.80. The number of benzene rings is 1. The minimum Gasteiger partial charge on any atom is -0.497 e. The van der Waals surface area contributed by atoms with Crippen LogP contribution in [0.4, 0.5) is 4.79 Å². The fraction of sp³-hybridized carbons (Fsp3) is 0.533. The van der Waals surface area contributed by atoms with Crippen molar-refractivity contribution in [2.75, 3.05) is 26.5 Å². The van der Waals surface area contributed by atoms with Gasteiger partial charge in [0.2, 0.25) is 0 Å². The summed E-state index contributed by atoms with van der Waals surface area (Å²) in [6.45, 7) is 1.40. The number of hydrogen-bond acceptors (Lipinski definition) is 4. The minimum atomic E-state index is -3.01. The van der Waals surface area contributed by atoms with Gasteiger partial charge in [-0.3, -0.25) is 0 Å². The van der Waals surface area contributed by atoms with Gasteiger partial charge >= 0.3 is 6.03 Å². The van der Waals surface area contributed by atoms with Crippen LogP contribution in [0.25, 0.3) is 0 Å². The maximum Gasteiger partial charge on any atom is 0.317 e. The van der Waals surface area contributed by atoms with Crippen LogP contribution in [0.15, 0.2) is 24.3 Å². The summed E-state index contributed by atoms with van der Waals surface area (Å²) in [5.41, 5.74) is 0.986. The molecule has 1 saturated heterocycles. The molecule has 0 bridgehead atoms. The van der Waals surface area contributed by atoms with Crippen LogP contribution in [0, 0.1) is 0 Å². The maximum atomic E-state index is 12.1. The molecule has 0 unspecified atom stereocenters. The molecule has 1 aliphatic heterocycles. The molecule has 0 saturated carbocycles. The zero-order valence-corrected chi connectivity index (χ0v) is 13.7. The molecule has 122 valence electrons. The number of carbonyl (C=O) groups is 1. The first kappa shape index (κ1) is 16.6. The molecule has 1 aliphatic rings. The van der Waals surface area contributed by atoms with Crippen LogP contribution in [-0.2, 0) is 16.4 Å². The molecule has 0 spiro atoms. The van der Waals surface area contributed by atoms with Gasteiger partial charge < -0.3 is 15.0 Å². The van der Waals surface area contributed by atoms with Crippen LogP contribution < -0.4 is 10.1 Å². The number of methoxy groups -OCH3 is 1. The van der Waals surface area contributed by atoms with Gasteiger partial charge in [0.05, 0.1) is 12.4 Å². The van der Waals surface area contributed by atoms with Crippen molar-refractivity contribution in [2.24, 2.45) is 0 Å². The molecular formula is C15H22N2O4S. The normalized spacial score (nSPS) is 16.4. The Labute approximate surface area is 131 Å². The van der Waals surface area contributed by atoms with E-state index < -0.39 is 9.84 Å².